The number of benzene rings is 3. The maximum Gasteiger partial charge on any atom is 0.407 e. The maximum atomic E-state index is 12.7. The number of aliphatic carboxylic acids is 1. The predicted molar refractivity (Wildman–Crippen MR) is 154 cm³/mol. The summed E-state index contributed by atoms with van der Waals surface area (Å²) in [5.41, 5.74) is 5.72. The number of carbonyl (C=O) groups excluding carboxylic acids is 2. The third-order valence-corrected chi connectivity index (χ3v) is 7.28. The molecule has 8 nitrogen and oxygen atoms in total. The van der Waals surface area contributed by atoms with Gasteiger partial charge in [-0.3, -0.25) is 9.69 Å². The molecule has 0 bridgehead atoms. The molecule has 0 saturated heterocycles. The summed E-state index contributed by atoms with van der Waals surface area (Å²) >= 11 is 0. The average Bonchev–Trinajstić information content (AvgIpc) is 3.27. The fourth-order valence-electron chi connectivity index (χ4n) is 5.15. The van der Waals surface area contributed by atoms with E-state index in [2.05, 4.69) is 34.9 Å². The lowest BCUT2D eigenvalue weighted by molar-refractivity contribution is -0.143. The molecule has 0 heterocycles. The topological polar surface area (TPSA) is 108 Å². The van der Waals surface area contributed by atoms with Crippen LogP contribution in [0.4, 0.5) is 4.79 Å². The van der Waals surface area contributed by atoms with E-state index in [1.54, 1.807) is 6.92 Å². The summed E-state index contributed by atoms with van der Waals surface area (Å²) in [6, 6.07) is 25.1. The van der Waals surface area contributed by atoms with Crippen LogP contribution in [0.15, 0.2) is 78.9 Å². The summed E-state index contributed by atoms with van der Waals surface area (Å²) in [4.78, 5) is 38.7. The summed E-state index contributed by atoms with van der Waals surface area (Å²) in [6.07, 6.45) is 0.568. The van der Waals surface area contributed by atoms with Crippen LogP contribution in [-0.2, 0) is 20.9 Å². The van der Waals surface area contributed by atoms with Crippen LogP contribution in [-0.4, -0.2) is 60.8 Å². The van der Waals surface area contributed by atoms with Crippen LogP contribution < -0.4 is 10.6 Å². The summed E-state index contributed by atoms with van der Waals surface area (Å²) < 4.78 is 5.55. The van der Waals surface area contributed by atoms with E-state index in [4.69, 9.17) is 4.74 Å². The third kappa shape index (κ3) is 7.48. The lowest BCUT2D eigenvalue weighted by atomic mass is 9.98. The Morgan fingerprint density at radius 1 is 0.925 bits per heavy atom. The minimum atomic E-state index is -1.07. The molecule has 2 unspecified atom stereocenters. The number of ether oxygens (including phenoxy) is 1. The van der Waals surface area contributed by atoms with Crippen LogP contribution in [0.5, 0.6) is 0 Å². The number of fused-ring (bicyclic) bond motifs is 3. The maximum absolute atomic E-state index is 12.7. The van der Waals surface area contributed by atoms with Crippen molar-refractivity contribution < 1.29 is 24.2 Å². The van der Waals surface area contributed by atoms with Crippen LogP contribution in [0, 0.1) is 5.92 Å². The second-order valence-electron chi connectivity index (χ2n) is 10.4. The number of rotatable bonds is 13. The highest BCUT2D eigenvalue weighted by Gasteiger charge is 2.29. The molecule has 0 aromatic heterocycles. The Hall–Kier alpha value is -4.17. The van der Waals surface area contributed by atoms with Gasteiger partial charge in [-0.05, 0) is 47.7 Å². The highest BCUT2D eigenvalue weighted by atomic mass is 16.5. The number of nitrogens with zero attached hydrogens (tertiary/aromatic N) is 1. The minimum absolute atomic E-state index is 0.00390. The first-order valence-electron chi connectivity index (χ1n) is 13.7. The lowest BCUT2D eigenvalue weighted by Crippen LogP contribution is -2.49. The van der Waals surface area contributed by atoms with Crippen molar-refractivity contribution in [1.29, 1.82) is 0 Å². The molecule has 3 aromatic rings. The molecule has 210 valence electrons. The number of amides is 2. The van der Waals surface area contributed by atoms with Gasteiger partial charge in [0.15, 0.2) is 0 Å². The predicted octanol–water partition coefficient (Wildman–Crippen LogP) is 4.64. The van der Waals surface area contributed by atoms with Crippen molar-refractivity contribution in [3.05, 3.63) is 95.6 Å². The first-order chi connectivity index (χ1) is 19.3. The molecule has 0 spiro atoms. The average molecular weight is 544 g/mol. The number of carbonyl (C=O) groups is 3. The molecule has 2 amide bonds. The normalized spacial score (nSPS) is 13.7. The molecule has 0 saturated carbocycles. The van der Waals surface area contributed by atoms with Gasteiger partial charge in [0.1, 0.15) is 12.6 Å². The number of nitrogens with one attached hydrogen (secondary N) is 2. The highest BCUT2D eigenvalue weighted by molar-refractivity contribution is 5.85. The lowest BCUT2D eigenvalue weighted by Gasteiger charge is -2.23. The molecule has 3 aromatic carbocycles. The molecule has 8 heteroatoms. The van der Waals surface area contributed by atoms with E-state index >= 15 is 0 Å². The second kappa shape index (κ2) is 13.8. The molecule has 4 rings (SSSR count). The Kier molecular flexibility index (Phi) is 9.91. The van der Waals surface area contributed by atoms with Gasteiger partial charge < -0.3 is 20.5 Å². The number of hydrogen-bond donors (Lipinski definition) is 3. The molecule has 1 aliphatic carbocycles. The van der Waals surface area contributed by atoms with Crippen LogP contribution in [0.3, 0.4) is 0 Å². The van der Waals surface area contributed by atoms with Gasteiger partial charge in [-0.1, -0.05) is 85.8 Å². The zero-order valence-electron chi connectivity index (χ0n) is 23.0. The zero-order valence-corrected chi connectivity index (χ0v) is 23.0. The fourth-order valence-corrected chi connectivity index (χ4v) is 5.15. The van der Waals surface area contributed by atoms with Crippen LogP contribution in [0.1, 0.15) is 42.4 Å². The van der Waals surface area contributed by atoms with Crippen molar-refractivity contribution in [3.8, 4) is 11.1 Å². The van der Waals surface area contributed by atoms with Crippen molar-refractivity contribution in [2.75, 3.05) is 26.7 Å². The number of carboxylic acids is 1. The molecule has 0 radical (unpaired) electrons. The number of hydrogen-bond acceptors (Lipinski definition) is 5. The molecule has 40 heavy (non-hydrogen) atoms. The van der Waals surface area contributed by atoms with E-state index in [0.29, 0.717) is 25.9 Å². The molecular formula is C32H37N3O5. The van der Waals surface area contributed by atoms with Gasteiger partial charge >= 0.3 is 12.1 Å². The van der Waals surface area contributed by atoms with E-state index in [-0.39, 0.29) is 25.0 Å². The second-order valence-corrected chi connectivity index (χ2v) is 10.4. The van der Waals surface area contributed by atoms with Crippen molar-refractivity contribution in [2.24, 2.45) is 5.92 Å². The summed E-state index contributed by atoms with van der Waals surface area (Å²) in [5.74, 6) is -1.79. The largest absolute Gasteiger partial charge is 0.480 e. The van der Waals surface area contributed by atoms with Gasteiger partial charge in [-0.25, -0.2) is 9.59 Å². The first-order valence-corrected chi connectivity index (χ1v) is 13.7. The zero-order chi connectivity index (χ0) is 28.5. The van der Waals surface area contributed by atoms with Crippen molar-refractivity contribution in [3.63, 3.8) is 0 Å². The fraction of sp³-hybridized carbons (Fsp3) is 0.344. The van der Waals surface area contributed by atoms with E-state index in [1.807, 2.05) is 66.5 Å². The molecule has 0 fully saturated rings. The van der Waals surface area contributed by atoms with E-state index in [0.717, 1.165) is 16.7 Å². The van der Waals surface area contributed by atoms with Crippen molar-refractivity contribution >= 4 is 18.0 Å². The van der Waals surface area contributed by atoms with Gasteiger partial charge in [0.2, 0.25) is 5.91 Å². The van der Waals surface area contributed by atoms with E-state index in [1.165, 1.54) is 11.1 Å². The van der Waals surface area contributed by atoms with Crippen LogP contribution >= 0.6 is 0 Å². The van der Waals surface area contributed by atoms with Gasteiger partial charge in [-0.15, -0.1) is 0 Å². The summed E-state index contributed by atoms with van der Waals surface area (Å²) in [5, 5.41) is 15.1. The Morgan fingerprint density at radius 3 is 2.15 bits per heavy atom. The minimum Gasteiger partial charge on any atom is -0.480 e. The summed E-state index contributed by atoms with van der Waals surface area (Å²) in [7, 11) is 1.83. The first kappa shape index (κ1) is 28.8. The number of alkyl carbamates (subject to hydrolysis) is 1. The monoisotopic (exact) mass is 543 g/mol. The Morgan fingerprint density at radius 2 is 1.52 bits per heavy atom. The van der Waals surface area contributed by atoms with Gasteiger partial charge in [-0.2, -0.15) is 0 Å². The number of likely N-dealkylation sites (N-methyl/N-ethyl adjacent to an activating group) is 1. The van der Waals surface area contributed by atoms with E-state index < -0.39 is 24.0 Å². The van der Waals surface area contributed by atoms with Crippen LogP contribution in [0.2, 0.25) is 0 Å². The highest BCUT2D eigenvalue weighted by Crippen LogP contribution is 2.44. The molecular weight excluding hydrogens is 506 g/mol. The van der Waals surface area contributed by atoms with Gasteiger partial charge in [0, 0.05) is 31.5 Å². The standard InChI is InChI=1S/C32H37N3O5/c1-22(30(36)34-29(31(37)38)20-35(2)19-23-12-4-3-5-13-23)11-10-18-33-32(39)40-21-28-26-16-8-6-14-24(26)25-15-7-9-17-27(25)28/h3-9,12-17,22,28-29H,10-11,18-21H2,1-2H3,(H,33,39)(H,34,36)(H,37,38). The molecule has 2 atom stereocenters. The SMILES string of the molecule is CC(CCCNC(=O)OCC1c2ccccc2-c2ccccc21)C(=O)NC(CN(C)Cc1ccccc1)C(=O)O. The Bertz CT molecular complexity index is 1270. The molecule has 1 aliphatic rings. The smallest absolute Gasteiger partial charge is 0.407 e. The number of carboxylic acid groups (broad SMARTS) is 1. The van der Waals surface area contributed by atoms with Gasteiger partial charge in [0.05, 0.1) is 0 Å². The van der Waals surface area contributed by atoms with Crippen LogP contribution in [0.25, 0.3) is 11.1 Å². The molecule has 0 aliphatic heterocycles. The summed E-state index contributed by atoms with van der Waals surface area (Å²) in [6.45, 7) is 3.13. The molecule has 3 N–H and O–H groups in total. The van der Waals surface area contributed by atoms with Gasteiger partial charge in [0.25, 0.3) is 0 Å². The van der Waals surface area contributed by atoms with E-state index in [9.17, 15) is 19.5 Å². The Balaban J connectivity index is 1.17. The quantitative estimate of drug-likeness (QED) is 0.271. The van der Waals surface area contributed by atoms with Crippen molar-refractivity contribution in [2.45, 2.75) is 38.3 Å². The third-order valence-electron chi connectivity index (χ3n) is 7.28. The van der Waals surface area contributed by atoms with Crippen molar-refractivity contribution in [1.82, 2.24) is 15.5 Å². The Labute approximate surface area is 235 Å².